The first kappa shape index (κ1) is 19.4. The van der Waals surface area contributed by atoms with Gasteiger partial charge in [0, 0.05) is 59.1 Å². The Balaban J connectivity index is 1.32. The molecule has 1 atom stereocenters. The van der Waals surface area contributed by atoms with Crippen molar-refractivity contribution in [3.05, 3.63) is 12.3 Å². The Morgan fingerprint density at radius 1 is 1.04 bits per heavy atom. The summed E-state index contributed by atoms with van der Waals surface area (Å²) in [5, 5.41) is 0. The average molecular weight is 387 g/mol. The highest BCUT2D eigenvalue weighted by atomic mass is 16.2. The fourth-order valence-electron chi connectivity index (χ4n) is 4.91. The third-order valence-electron chi connectivity index (χ3n) is 6.57. The van der Waals surface area contributed by atoms with E-state index < -0.39 is 0 Å². The highest BCUT2D eigenvalue weighted by Crippen LogP contribution is 2.27. The van der Waals surface area contributed by atoms with E-state index in [-0.39, 0.29) is 5.92 Å². The minimum absolute atomic E-state index is 0.213. The minimum atomic E-state index is 0.213. The molecule has 0 saturated carbocycles. The van der Waals surface area contributed by atoms with Crippen molar-refractivity contribution in [3.63, 3.8) is 0 Å². The van der Waals surface area contributed by atoms with Gasteiger partial charge in [-0.15, -0.1) is 0 Å². The molecule has 1 amide bonds. The van der Waals surface area contributed by atoms with Gasteiger partial charge in [0.25, 0.3) is 0 Å². The largest absolute Gasteiger partial charge is 0.363 e. The molecule has 3 aliphatic rings. The van der Waals surface area contributed by atoms with Crippen LogP contribution in [-0.2, 0) is 4.79 Å². The van der Waals surface area contributed by atoms with Crippen LogP contribution in [0.3, 0.4) is 0 Å². The van der Waals surface area contributed by atoms with Crippen molar-refractivity contribution in [3.8, 4) is 0 Å². The number of nitrogens with zero attached hydrogens (tertiary/aromatic N) is 6. The molecule has 3 aliphatic heterocycles. The molecule has 1 aromatic heterocycles. The van der Waals surface area contributed by atoms with Crippen LogP contribution in [0.2, 0.25) is 0 Å². The first-order valence-electron chi connectivity index (χ1n) is 10.9. The monoisotopic (exact) mass is 386 g/mol. The normalized spacial score (nSPS) is 24.6. The maximum absolute atomic E-state index is 12.8. The summed E-state index contributed by atoms with van der Waals surface area (Å²) in [5.41, 5.74) is 0. The second kappa shape index (κ2) is 8.64. The minimum Gasteiger partial charge on any atom is -0.363 e. The van der Waals surface area contributed by atoms with Gasteiger partial charge in [-0.3, -0.25) is 9.69 Å². The number of carbonyl (C=O) groups excluding carboxylic acids is 1. The van der Waals surface area contributed by atoms with Gasteiger partial charge in [-0.05, 0) is 51.1 Å². The third-order valence-corrected chi connectivity index (χ3v) is 6.57. The van der Waals surface area contributed by atoms with E-state index in [1.54, 1.807) is 0 Å². The van der Waals surface area contributed by atoms with E-state index in [9.17, 15) is 4.79 Å². The maximum Gasteiger partial charge on any atom is 0.227 e. The highest BCUT2D eigenvalue weighted by Gasteiger charge is 2.34. The first-order chi connectivity index (χ1) is 13.6. The van der Waals surface area contributed by atoms with Crippen molar-refractivity contribution in [2.45, 2.75) is 44.6 Å². The molecule has 7 heteroatoms. The average Bonchev–Trinajstić information content (AvgIpc) is 3.28. The lowest BCUT2D eigenvalue weighted by Gasteiger charge is -2.42. The van der Waals surface area contributed by atoms with E-state index in [1.807, 2.05) is 31.3 Å². The van der Waals surface area contributed by atoms with Gasteiger partial charge in [0.15, 0.2) is 0 Å². The molecular formula is C21H34N6O. The zero-order valence-electron chi connectivity index (χ0n) is 17.4. The SMILES string of the molecule is CN(C)c1ccnc(N2CCC(N3CCC[C@H](C(=O)N4CCCC4)C3)CC2)n1. The van der Waals surface area contributed by atoms with Crippen LogP contribution in [-0.4, -0.2) is 85.1 Å². The summed E-state index contributed by atoms with van der Waals surface area (Å²) in [4.78, 5) is 31.0. The van der Waals surface area contributed by atoms with E-state index >= 15 is 0 Å². The van der Waals surface area contributed by atoms with Crippen molar-refractivity contribution < 1.29 is 4.79 Å². The van der Waals surface area contributed by atoms with Crippen LogP contribution in [0.25, 0.3) is 0 Å². The van der Waals surface area contributed by atoms with E-state index in [1.165, 1.54) is 12.8 Å². The number of hydrogen-bond donors (Lipinski definition) is 0. The number of rotatable bonds is 4. The Bertz CT molecular complexity index is 667. The van der Waals surface area contributed by atoms with Crippen LogP contribution in [0.15, 0.2) is 12.3 Å². The van der Waals surface area contributed by atoms with E-state index in [2.05, 4.69) is 24.7 Å². The second-order valence-electron chi connectivity index (χ2n) is 8.69. The number of piperidine rings is 2. The van der Waals surface area contributed by atoms with Gasteiger partial charge in [-0.1, -0.05) is 0 Å². The molecule has 0 bridgehead atoms. The second-order valence-corrected chi connectivity index (χ2v) is 8.69. The number of aromatic nitrogens is 2. The Kier molecular flexibility index (Phi) is 5.99. The van der Waals surface area contributed by atoms with Crippen LogP contribution >= 0.6 is 0 Å². The van der Waals surface area contributed by atoms with Crippen molar-refractivity contribution in [1.29, 1.82) is 0 Å². The van der Waals surface area contributed by atoms with Gasteiger partial charge in [0.2, 0.25) is 11.9 Å². The smallest absolute Gasteiger partial charge is 0.227 e. The lowest BCUT2D eigenvalue weighted by Crippen LogP contribution is -2.51. The summed E-state index contributed by atoms with van der Waals surface area (Å²) >= 11 is 0. The maximum atomic E-state index is 12.8. The van der Waals surface area contributed by atoms with Crippen molar-refractivity contribution in [2.75, 3.05) is 63.2 Å². The molecule has 0 aromatic carbocycles. The quantitative estimate of drug-likeness (QED) is 0.787. The Morgan fingerprint density at radius 2 is 1.79 bits per heavy atom. The molecule has 0 N–H and O–H groups in total. The molecule has 28 heavy (non-hydrogen) atoms. The number of carbonyl (C=O) groups is 1. The number of amides is 1. The topological polar surface area (TPSA) is 55.8 Å². The zero-order valence-corrected chi connectivity index (χ0v) is 17.4. The molecule has 0 radical (unpaired) electrons. The number of hydrogen-bond acceptors (Lipinski definition) is 6. The lowest BCUT2D eigenvalue weighted by atomic mass is 9.93. The molecule has 154 valence electrons. The van der Waals surface area contributed by atoms with E-state index in [4.69, 9.17) is 0 Å². The fraction of sp³-hybridized carbons (Fsp3) is 0.762. The molecule has 0 aliphatic carbocycles. The summed E-state index contributed by atoms with van der Waals surface area (Å²) in [6.07, 6.45) is 8.67. The van der Waals surface area contributed by atoms with Crippen LogP contribution in [0.1, 0.15) is 38.5 Å². The van der Waals surface area contributed by atoms with Gasteiger partial charge in [0.05, 0.1) is 5.92 Å². The molecule has 1 aromatic rings. The van der Waals surface area contributed by atoms with Crippen LogP contribution in [0, 0.1) is 5.92 Å². The van der Waals surface area contributed by atoms with Crippen molar-refractivity contribution in [2.24, 2.45) is 5.92 Å². The summed E-state index contributed by atoms with van der Waals surface area (Å²) in [6.45, 7) is 6.01. The molecule has 4 rings (SSSR count). The summed E-state index contributed by atoms with van der Waals surface area (Å²) in [5.74, 6) is 2.41. The van der Waals surface area contributed by atoms with Crippen molar-refractivity contribution >= 4 is 17.7 Å². The highest BCUT2D eigenvalue weighted by molar-refractivity contribution is 5.79. The Hall–Kier alpha value is -1.89. The predicted octanol–water partition coefficient (Wildman–Crippen LogP) is 1.85. The van der Waals surface area contributed by atoms with E-state index in [0.717, 1.165) is 76.7 Å². The molecule has 3 fully saturated rings. The Labute approximate surface area is 168 Å². The molecule has 7 nitrogen and oxygen atoms in total. The molecule has 4 heterocycles. The number of anilines is 2. The van der Waals surface area contributed by atoms with Gasteiger partial charge in [0.1, 0.15) is 5.82 Å². The van der Waals surface area contributed by atoms with Gasteiger partial charge < -0.3 is 14.7 Å². The third kappa shape index (κ3) is 4.24. The van der Waals surface area contributed by atoms with Gasteiger partial charge in [-0.25, -0.2) is 4.98 Å². The standard InChI is InChI=1S/C21H34N6O/c1-24(2)19-7-10-22-21(23-19)26-14-8-18(9-15-26)27-13-5-6-17(16-27)20(28)25-11-3-4-12-25/h7,10,17-18H,3-6,8-9,11-16H2,1-2H3/t17-/m0/s1. The molecule has 0 unspecified atom stereocenters. The summed E-state index contributed by atoms with van der Waals surface area (Å²) < 4.78 is 0. The molecule has 3 saturated heterocycles. The van der Waals surface area contributed by atoms with Gasteiger partial charge >= 0.3 is 0 Å². The zero-order chi connectivity index (χ0) is 19.5. The summed E-state index contributed by atoms with van der Waals surface area (Å²) in [7, 11) is 4.02. The fourth-order valence-corrected chi connectivity index (χ4v) is 4.91. The lowest BCUT2D eigenvalue weighted by molar-refractivity contribution is -0.136. The van der Waals surface area contributed by atoms with Crippen LogP contribution in [0.4, 0.5) is 11.8 Å². The van der Waals surface area contributed by atoms with Crippen molar-refractivity contribution in [1.82, 2.24) is 19.8 Å². The summed E-state index contributed by atoms with van der Waals surface area (Å²) in [6, 6.07) is 2.53. The molecular weight excluding hydrogens is 352 g/mol. The Morgan fingerprint density at radius 3 is 2.50 bits per heavy atom. The first-order valence-corrected chi connectivity index (χ1v) is 10.9. The number of likely N-dealkylation sites (tertiary alicyclic amines) is 2. The molecule has 0 spiro atoms. The van der Waals surface area contributed by atoms with Crippen LogP contribution in [0.5, 0.6) is 0 Å². The van der Waals surface area contributed by atoms with Crippen LogP contribution < -0.4 is 9.80 Å². The predicted molar refractivity (Wildman–Crippen MR) is 112 cm³/mol. The van der Waals surface area contributed by atoms with E-state index in [0.29, 0.717) is 11.9 Å². The van der Waals surface area contributed by atoms with Gasteiger partial charge in [-0.2, -0.15) is 4.98 Å².